The molecule has 0 aliphatic carbocycles. The highest BCUT2D eigenvalue weighted by Crippen LogP contribution is 2.34. The van der Waals surface area contributed by atoms with E-state index >= 15 is 0 Å². The largest absolute Gasteiger partial charge is 0.482 e. The maximum absolute atomic E-state index is 12.9. The van der Waals surface area contributed by atoms with Gasteiger partial charge in [0.1, 0.15) is 11.8 Å². The van der Waals surface area contributed by atoms with E-state index in [2.05, 4.69) is 10.4 Å². The molecule has 1 N–H and O–H groups in total. The van der Waals surface area contributed by atoms with Gasteiger partial charge in [-0.2, -0.15) is 5.10 Å². The second-order valence-electron chi connectivity index (χ2n) is 6.97. The van der Waals surface area contributed by atoms with Gasteiger partial charge in [0, 0.05) is 18.4 Å². The monoisotopic (exact) mass is 356 g/mol. The lowest BCUT2D eigenvalue weighted by atomic mass is 10.0. The molecule has 0 radical (unpaired) electrons. The molecule has 0 bridgehead atoms. The lowest BCUT2D eigenvalue weighted by molar-refractivity contribution is -0.121. The molecule has 0 fully saturated rings. The van der Waals surface area contributed by atoms with Crippen LogP contribution in [0.25, 0.3) is 0 Å². The van der Waals surface area contributed by atoms with Crippen molar-refractivity contribution < 1.29 is 14.3 Å². The fourth-order valence-electron chi connectivity index (χ4n) is 3.19. The standard InChI is InChI=1S/C19H24N4O3/c1-11(2)18(23-13(4)8-12(3)21-23)19(25)20-14-6-7-16-15(9-14)22(5)17(24)10-26-16/h6-9,11,18H,10H2,1-5H3,(H,20,25)/t18-/m1/s1. The van der Waals surface area contributed by atoms with Crippen molar-refractivity contribution in [3.8, 4) is 5.75 Å². The van der Waals surface area contributed by atoms with E-state index in [0.717, 1.165) is 11.4 Å². The summed E-state index contributed by atoms with van der Waals surface area (Å²) in [5, 5.41) is 7.42. The number of amides is 2. The van der Waals surface area contributed by atoms with Crippen LogP contribution in [-0.2, 0) is 9.59 Å². The summed E-state index contributed by atoms with van der Waals surface area (Å²) in [4.78, 5) is 26.3. The third kappa shape index (κ3) is 3.29. The Balaban J connectivity index is 1.86. The average molecular weight is 356 g/mol. The average Bonchev–Trinajstić information content (AvgIpc) is 2.89. The summed E-state index contributed by atoms with van der Waals surface area (Å²) < 4.78 is 7.19. The minimum absolute atomic E-state index is 0.0303. The van der Waals surface area contributed by atoms with Crippen molar-refractivity contribution >= 4 is 23.2 Å². The van der Waals surface area contributed by atoms with E-state index in [-0.39, 0.29) is 24.3 Å². The number of nitrogens with zero attached hydrogens (tertiary/aromatic N) is 3. The number of rotatable bonds is 4. The first-order valence-corrected chi connectivity index (χ1v) is 8.65. The van der Waals surface area contributed by atoms with Crippen molar-refractivity contribution in [1.82, 2.24) is 9.78 Å². The number of carbonyl (C=O) groups excluding carboxylic acids is 2. The number of hydrogen-bond acceptors (Lipinski definition) is 4. The molecule has 1 aliphatic rings. The highest BCUT2D eigenvalue weighted by atomic mass is 16.5. The van der Waals surface area contributed by atoms with Crippen LogP contribution >= 0.6 is 0 Å². The summed E-state index contributed by atoms with van der Waals surface area (Å²) >= 11 is 0. The summed E-state index contributed by atoms with van der Waals surface area (Å²) in [6, 6.07) is 6.83. The van der Waals surface area contributed by atoms with Crippen LogP contribution in [0.15, 0.2) is 24.3 Å². The molecule has 2 aromatic rings. The molecule has 1 aromatic carbocycles. The molecule has 26 heavy (non-hydrogen) atoms. The molecule has 1 aromatic heterocycles. The van der Waals surface area contributed by atoms with Gasteiger partial charge in [0.05, 0.1) is 11.4 Å². The minimum Gasteiger partial charge on any atom is -0.482 e. The number of nitrogens with one attached hydrogen (secondary N) is 1. The van der Waals surface area contributed by atoms with Gasteiger partial charge in [-0.05, 0) is 44.0 Å². The van der Waals surface area contributed by atoms with E-state index in [1.807, 2.05) is 33.8 Å². The third-order valence-electron chi connectivity index (χ3n) is 4.52. The van der Waals surface area contributed by atoms with Gasteiger partial charge in [0.2, 0.25) is 5.91 Å². The van der Waals surface area contributed by atoms with Crippen molar-refractivity contribution in [2.45, 2.75) is 33.7 Å². The summed E-state index contributed by atoms with van der Waals surface area (Å²) in [6.45, 7) is 7.87. The Labute approximate surface area is 152 Å². The quantitative estimate of drug-likeness (QED) is 0.914. The first-order chi connectivity index (χ1) is 12.3. The third-order valence-corrected chi connectivity index (χ3v) is 4.52. The van der Waals surface area contributed by atoms with Crippen LogP contribution in [-0.4, -0.2) is 35.2 Å². The van der Waals surface area contributed by atoms with Crippen molar-refractivity contribution in [3.05, 3.63) is 35.7 Å². The second kappa shape index (κ2) is 6.82. The fraction of sp³-hybridized carbons (Fsp3) is 0.421. The zero-order chi connectivity index (χ0) is 19.0. The van der Waals surface area contributed by atoms with Crippen LogP contribution in [0, 0.1) is 19.8 Å². The number of benzene rings is 1. The maximum Gasteiger partial charge on any atom is 0.264 e. The van der Waals surface area contributed by atoms with Crippen LogP contribution in [0.3, 0.4) is 0 Å². The molecular weight excluding hydrogens is 332 g/mol. The Morgan fingerprint density at radius 2 is 2.00 bits per heavy atom. The maximum atomic E-state index is 12.9. The molecular formula is C19H24N4O3. The summed E-state index contributed by atoms with van der Waals surface area (Å²) in [5.41, 5.74) is 3.09. The van der Waals surface area contributed by atoms with Gasteiger partial charge in [-0.15, -0.1) is 0 Å². The Morgan fingerprint density at radius 3 is 2.62 bits per heavy atom. The topological polar surface area (TPSA) is 76.5 Å². The van der Waals surface area contributed by atoms with E-state index in [0.29, 0.717) is 17.1 Å². The molecule has 0 saturated heterocycles. The Kier molecular flexibility index (Phi) is 4.71. The smallest absolute Gasteiger partial charge is 0.264 e. The van der Waals surface area contributed by atoms with E-state index < -0.39 is 6.04 Å². The highest BCUT2D eigenvalue weighted by Gasteiger charge is 2.27. The number of hydrogen-bond donors (Lipinski definition) is 1. The van der Waals surface area contributed by atoms with Crippen LogP contribution in [0.5, 0.6) is 5.75 Å². The van der Waals surface area contributed by atoms with Gasteiger partial charge < -0.3 is 15.0 Å². The first kappa shape index (κ1) is 18.0. The zero-order valence-corrected chi connectivity index (χ0v) is 15.7. The molecule has 3 rings (SSSR count). The normalized spacial score (nSPS) is 14.8. The van der Waals surface area contributed by atoms with E-state index in [4.69, 9.17) is 4.74 Å². The van der Waals surface area contributed by atoms with Gasteiger partial charge in [-0.3, -0.25) is 14.3 Å². The van der Waals surface area contributed by atoms with Crippen LogP contribution in [0.1, 0.15) is 31.3 Å². The Hall–Kier alpha value is -2.83. The SMILES string of the molecule is Cc1cc(C)n([C@@H](C(=O)Nc2ccc3c(c2)N(C)C(=O)CO3)C(C)C)n1. The van der Waals surface area contributed by atoms with Gasteiger partial charge in [0.25, 0.3) is 5.91 Å². The fourth-order valence-corrected chi connectivity index (χ4v) is 3.19. The van der Waals surface area contributed by atoms with Crippen molar-refractivity contribution in [3.63, 3.8) is 0 Å². The molecule has 0 saturated carbocycles. The number of ether oxygens (including phenoxy) is 1. The number of anilines is 2. The highest BCUT2D eigenvalue weighted by molar-refractivity contribution is 5.99. The van der Waals surface area contributed by atoms with Gasteiger partial charge in [0.15, 0.2) is 6.61 Å². The van der Waals surface area contributed by atoms with E-state index in [1.54, 1.807) is 29.9 Å². The predicted octanol–water partition coefficient (Wildman–Crippen LogP) is 2.69. The number of carbonyl (C=O) groups is 2. The molecule has 2 amide bonds. The summed E-state index contributed by atoms with van der Waals surface area (Å²) in [7, 11) is 1.70. The minimum atomic E-state index is -0.421. The van der Waals surface area contributed by atoms with Crippen molar-refractivity contribution in [1.29, 1.82) is 0 Å². The van der Waals surface area contributed by atoms with Crippen molar-refractivity contribution in [2.24, 2.45) is 5.92 Å². The van der Waals surface area contributed by atoms with Gasteiger partial charge in [-0.1, -0.05) is 13.8 Å². The lowest BCUT2D eigenvalue weighted by Crippen LogP contribution is -2.35. The molecule has 138 valence electrons. The molecule has 7 heteroatoms. The van der Waals surface area contributed by atoms with Crippen LogP contribution in [0.2, 0.25) is 0 Å². The van der Waals surface area contributed by atoms with E-state index in [1.165, 1.54) is 4.90 Å². The number of aromatic nitrogens is 2. The summed E-state index contributed by atoms with van der Waals surface area (Å²) in [6.07, 6.45) is 0. The number of likely N-dealkylation sites (N-methyl/N-ethyl adjacent to an activating group) is 1. The number of fused-ring (bicyclic) bond motifs is 1. The molecule has 1 aliphatic heterocycles. The molecule has 1 atom stereocenters. The van der Waals surface area contributed by atoms with Gasteiger partial charge in [-0.25, -0.2) is 0 Å². The Morgan fingerprint density at radius 1 is 1.27 bits per heavy atom. The Bertz CT molecular complexity index is 856. The molecule has 2 heterocycles. The summed E-state index contributed by atoms with van der Waals surface area (Å²) in [5.74, 6) is 0.433. The van der Waals surface area contributed by atoms with Crippen molar-refractivity contribution in [2.75, 3.05) is 23.9 Å². The second-order valence-corrected chi connectivity index (χ2v) is 6.97. The first-order valence-electron chi connectivity index (χ1n) is 8.65. The number of aryl methyl sites for hydroxylation is 2. The van der Waals surface area contributed by atoms with Gasteiger partial charge >= 0.3 is 0 Å². The predicted molar refractivity (Wildman–Crippen MR) is 99.6 cm³/mol. The molecule has 7 nitrogen and oxygen atoms in total. The molecule has 0 unspecified atom stereocenters. The molecule has 0 spiro atoms. The lowest BCUT2D eigenvalue weighted by Gasteiger charge is -2.27. The zero-order valence-electron chi connectivity index (χ0n) is 15.7. The van der Waals surface area contributed by atoms with Crippen LogP contribution < -0.4 is 15.0 Å². The van der Waals surface area contributed by atoms with E-state index in [9.17, 15) is 9.59 Å². The van der Waals surface area contributed by atoms with Crippen LogP contribution in [0.4, 0.5) is 11.4 Å².